The molecule has 1 aliphatic rings. The molecule has 0 bridgehead atoms. The first-order valence-corrected chi connectivity index (χ1v) is 5.72. The monoisotopic (exact) mass is 210 g/mol. The summed E-state index contributed by atoms with van der Waals surface area (Å²) in [5.41, 5.74) is 4.82. The van der Waals surface area contributed by atoms with Crippen molar-refractivity contribution in [3.63, 3.8) is 0 Å². The highest BCUT2D eigenvalue weighted by molar-refractivity contribution is 5.68. The van der Waals surface area contributed by atoms with Crippen LogP contribution in [0.2, 0.25) is 0 Å². The van der Waals surface area contributed by atoms with Gasteiger partial charge in [0.1, 0.15) is 0 Å². The zero-order chi connectivity index (χ0) is 10.8. The first-order valence-electron chi connectivity index (χ1n) is 5.72. The molecule has 1 N–H and O–H groups in total. The lowest BCUT2D eigenvalue weighted by Crippen LogP contribution is -2.12. The summed E-state index contributed by atoms with van der Waals surface area (Å²) in [5, 5.41) is 3.41. The first kappa shape index (κ1) is 9.40. The zero-order valence-electron chi connectivity index (χ0n) is 9.11. The maximum atomic E-state index is 4.53. The van der Waals surface area contributed by atoms with E-state index in [0.717, 1.165) is 13.0 Å². The number of pyridine rings is 1. The highest BCUT2D eigenvalue weighted by Crippen LogP contribution is 2.26. The van der Waals surface area contributed by atoms with Gasteiger partial charge in [0, 0.05) is 18.3 Å². The van der Waals surface area contributed by atoms with Crippen molar-refractivity contribution >= 4 is 5.69 Å². The van der Waals surface area contributed by atoms with E-state index < -0.39 is 0 Å². The van der Waals surface area contributed by atoms with Crippen LogP contribution >= 0.6 is 0 Å². The number of anilines is 1. The van der Waals surface area contributed by atoms with E-state index in [0.29, 0.717) is 0 Å². The van der Waals surface area contributed by atoms with Crippen LogP contribution in [0.5, 0.6) is 0 Å². The summed E-state index contributed by atoms with van der Waals surface area (Å²) in [6, 6.07) is 12.6. The summed E-state index contributed by atoms with van der Waals surface area (Å²) < 4.78 is 0. The molecule has 0 fully saturated rings. The third-order valence-corrected chi connectivity index (χ3v) is 2.98. The predicted octanol–water partition coefficient (Wildman–Crippen LogP) is 3.11. The Morgan fingerprint density at radius 1 is 1.06 bits per heavy atom. The number of aryl methyl sites for hydroxylation is 1. The van der Waals surface area contributed by atoms with Crippen molar-refractivity contribution < 1.29 is 0 Å². The second-order valence-electron chi connectivity index (χ2n) is 4.11. The third-order valence-electron chi connectivity index (χ3n) is 2.98. The van der Waals surface area contributed by atoms with E-state index in [1.807, 2.05) is 12.3 Å². The van der Waals surface area contributed by atoms with E-state index >= 15 is 0 Å². The molecule has 2 nitrogen and oxygen atoms in total. The van der Waals surface area contributed by atoms with E-state index in [1.54, 1.807) is 0 Å². The summed E-state index contributed by atoms with van der Waals surface area (Å²) >= 11 is 0. The Kier molecular flexibility index (Phi) is 2.33. The number of fused-ring (bicyclic) bond motifs is 1. The topological polar surface area (TPSA) is 24.9 Å². The SMILES string of the molecule is c1ccc(-c2cnc3c(c2)NCCC3)cc1. The predicted molar refractivity (Wildman–Crippen MR) is 66.5 cm³/mol. The van der Waals surface area contributed by atoms with Crippen LogP contribution in [0.4, 0.5) is 5.69 Å². The van der Waals surface area contributed by atoms with Crippen molar-refractivity contribution in [3.8, 4) is 11.1 Å². The molecule has 0 radical (unpaired) electrons. The van der Waals surface area contributed by atoms with Gasteiger partial charge in [-0.25, -0.2) is 0 Å². The van der Waals surface area contributed by atoms with Gasteiger partial charge >= 0.3 is 0 Å². The smallest absolute Gasteiger partial charge is 0.0635 e. The minimum absolute atomic E-state index is 1.06. The molecule has 2 heterocycles. The van der Waals surface area contributed by atoms with Gasteiger partial charge in [-0.05, 0) is 24.5 Å². The maximum Gasteiger partial charge on any atom is 0.0635 e. The van der Waals surface area contributed by atoms with Gasteiger partial charge in [-0.3, -0.25) is 4.98 Å². The first-order chi connectivity index (χ1) is 7.93. The Morgan fingerprint density at radius 2 is 1.94 bits per heavy atom. The Morgan fingerprint density at radius 3 is 2.81 bits per heavy atom. The van der Waals surface area contributed by atoms with Crippen molar-refractivity contribution in [1.82, 2.24) is 4.98 Å². The number of benzene rings is 1. The van der Waals surface area contributed by atoms with Crippen molar-refractivity contribution in [2.45, 2.75) is 12.8 Å². The molecule has 1 aliphatic heterocycles. The number of nitrogens with zero attached hydrogens (tertiary/aromatic N) is 1. The zero-order valence-corrected chi connectivity index (χ0v) is 9.11. The van der Waals surface area contributed by atoms with Gasteiger partial charge in [0.25, 0.3) is 0 Å². The fourth-order valence-electron chi connectivity index (χ4n) is 2.11. The summed E-state index contributed by atoms with van der Waals surface area (Å²) in [4.78, 5) is 4.53. The fraction of sp³-hybridized carbons (Fsp3) is 0.214. The summed E-state index contributed by atoms with van der Waals surface area (Å²) in [5.74, 6) is 0. The van der Waals surface area contributed by atoms with Crippen molar-refractivity contribution in [3.05, 3.63) is 48.3 Å². The molecule has 0 amide bonds. The van der Waals surface area contributed by atoms with Crippen LogP contribution in [0.15, 0.2) is 42.6 Å². The van der Waals surface area contributed by atoms with Gasteiger partial charge in [-0.15, -0.1) is 0 Å². The van der Waals surface area contributed by atoms with Crippen LogP contribution in [-0.2, 0) is 6.42 Å². The molecule has 1 aromatic heterocycles. The molecule has 0 saturated carbocycles. The van der Waals surface area contributed by atoms with Gasteiger partial charge < -0.3 is 5.32 Å². The molecule has 0 unspecified atom stereocenters. The second-order valence-corrected chi connectivity index (χ2v) is 4.11. The number of rotatable bonds is 1. The number of hydrogen-bond acceptors (Lipinski definition) is 2. The second kappa shape index (κ2) is 3.97. The quantitative estimate of drug-likeness (QED) is 0.782. The number of hydrogen-bond donors (Lipinski definition) is 1. The molecular formula is C14H14N2. The largest absolute Gasteiger partial charge is 0.384 e. The molecule has 0 aliphatic carbocycles. The highest BCUT2D eigenvalue weighted by Gasteiger charge is 2.10. The molecule has 0 spiro atoms. The maximum absolute atomic E-state index is 4.53. The van der Waals surface area contributed by atoms with E-state index in [4.69, 9.17) is 0 Å². The molecule has 0 atom stereocenters. The molecular weight excluding hydrogens is 196 g/mol. The van der Waals surface area contributed by atoms with Crippen LogP contribution in [-0.4, -0.2) is 11.5 Å². The normalized spacial score (nSPS) is 14.0. The van der Waals surface area contributed by atoms with Crippen LogP contribution in [0.3, 0.4) is 0 Å². The molecule has 0 saturated heterocycles. The van der Waals surface area contributed by atoms with E-state index in [1.165, 1.54) is 28.9 Å². The van der Waals surface area contributed by atoms with Gasteiger partial charge in [0.15, 0.2) is 0 Å². The lowest BCUT2D eigenvalue weighted by atomic mass is 10.0. The van der Waals surface area contributed by atoms with Crippen molar-refractivity contribution in [2.75, 3.05) is 11.9 Å². The highest BCUT2D eigenvalue weighted by atomic mass is 14.9. The summed E-state index contributed by atoms with van der Waals surface area (Å²) in [6.07, 6.45) is 4.25. The average Bonchev–Trinajstić information content (AvgIpc) is 2.39. The minimum Gasteiger partial charge on any atom is -0.384 e. The molecule has 80 valence electrons. The van der Waals surface area contributed by atoms with Crippen LogP contribution < -0.4 is 5.32 Å². The molecule has 16 heavy (non-hydrogen) atoms. The number of nitrogens with one attached hydrogen (secondary N) is 1. The third kappa shape index (κ3) is 1.67. The van der Waals surface area contributed by atoms with Gasteiger partial charge in [-0.2, -0.15) is 0 Å². The Balaban J connectivity index is 2.03. The van der Waals surface area contributed by atoms with Gasteiger partial charge in [-0.1, -0.05) is 30.3 Å². The fourth-order valence-corrected chi connectivity index (χ4v) is 2.11. The van der Waals surface area contributed by atoms with E-state index in [-0.39, 0.29) is 0 Å². The Hall–Kier alpha value is -1.83. The standard InChI is InChI=1S/C14H14N2/c1-2-5-11(6-3-1)12-9-14-13(16-10-12)7-4-8-15-14/h1-3,5-6,9-10,15H,4,7-8H2. The van der Waals surface area contributed by atoms with Gasteiger partial charge in [0.2, 0.25) is 0 Å². The summed E-state index contributed by atoms with van der Waals surface area (Å²) in [6.45, 7) is 1.06. The van der Waals surface area contributed by atoms with Gasteiger partial charge in [0.05, 0.1) is 11.4 Å². The van der Waals surface area contributed by atoms with E-state index in [2.05, 4.69) is 40.6 Å². The van der Waals surface area contributed by atoms with Crippen molar-refractivity contribution in [2.24, 2.45) is 0 Å². The lowest BCUT2D eigenvalue weighted by Gasteiger charge is -2.17. The molecule has 2 aromatic rings. The average molecular weight is 210 g/mol. The Labute approximate surface area is 95.3 Å². The van der Waals surface area contributed by atoms with Crippen LogP contribution in [0.25, 0.3) is 11.1 Å². The minimum atomic E-state index is 1.06. The molecule has 3 rings (SSSR count). The molecule has 2 heteroatoms. The van der Waals surface area contributed by atoms with Crippen LogP contribution in [0.1, 0.15) is 12.1 Å². The lowest BCUT2D eigenvalue weighted by molar-refractivity contribution is 0.802. The summed E-state index contributed by atoms with van der Waals surface area (Å²) in [7, 11) is 0. The Bertz CT molecular complexity index is 491. The number of aromatic nitrogens is 1. The van der Waals surface area contributed by atoms with Crippen LogP contribution in [0, 0.1) is 0 Å². The van der Waals surface area contributed by atoms with E-state index in [9.17, 15) is 0 Å². The van der Waals surface area contributed by atoms with Crippen molar-refractivity contribution in [1.29, 1.82) is 0 Å². The molecule has 1 aromatic carbocycles.